The van der Waals surface area contributed by atoms with Gasteiger partial charge in [0.2, 0.25) is 0 Å². The van der Waals surface area contributed by atoms with E-state index in [0.29, 0.717) is 0 Å². The molecule has 0 radical (unpaired) electrons. The van der Waals surface area contributed by atoms with Crippen molar-refractivity contribution in [3.8, 4) is 0 Å². The van der Waals surface area contributed by atoms with E-state index >= 15 is 0 Å². The topological polar surface area (TPSA) is 54.2 Å². The zero-order valence-electron chi connectivity index (χ0n) is 8.82. The Morgan fingerprint density at radius 3 is 3.20 bits per heavy atom. The first-order chi connectivity index (χ1) is 7.45. The average molecular weight is 207 g/mol. The lowest BCUT2D eigenvalue weighted by Crippen LogP contribution is -2.34. The van der Waals surface area contributed by atoms with E-state index in [1.807, 2.05) is 18.7 Å². The summed E-state index contributed by atoms with van der Waals surface area (Å²) >= 11 is 0. The molecule has 0 saturated heterocycles. The summed E-state index contributed by atoms with van der Waals surface area (Å²) < 4.78 is 2.10. The van der Waals surface area contributed by atoms with Gasteiger partial charge in [-0.3, -0.25) is 4.99 Å². The molecule has 0 bridgehead atoms. The lowest BCUT2D eigenvalue weighted by atomic mass is 10.3. The van der Waals surface area contributed by atoms with Crippen molar-refractivity contribution in [3.05, 3.63) is 18.7 Å². The summed E-state index contributed by atoms with van der Waals surface area (Å²) in [6.45, 7) is 3.90. The molecule has 0 aromatic carbocycles. The molecule has 82 valence electrons. The van der Waals surface area contributed by atoms with Crippen molar-refractivity contribution in [2.45, 2.75) is 19.4 Å². The van der Waals surface area contributed by atoms with E-state index in [9.17, 15) is 0 Å². The van der Waals surface area contributed by atoms with Crippen LogP contribution in [0.4, 0.5) is 0 Å². The fourth-order valence-electron chi connectivity index (χ4n) is 1.56. The number of imidazole rings is 1. The van der Waals surface area contributed by atoms with Crippen LogP contribution in [0.3, 0.4) is 0 Å². The second-order valence-corrected chi connectivity index (χ2v) is 3.59. The van der Waals surface area contributed by atoms with E-state index in [2.05, 4.69) is 25.2 Å². The van der Waals surface area contributed by atoms with Gasteiger partial charge < -0.3 is 15.2 Å². The molecule has 0 spiro atoms. The van der Waals surface area contributed by atoms with E-state index < -0.39 is 0 Å². The molecule has 0 atom stereocenters. The maximum atomic E-state index is 4.26. The molecule has 1 aliphatic heterocycles. The van der Waals surface area contributed by atoms with Gasteiger partial charge in [0, 0.05) is 32.0 Å². The Morgan fingerprint density at radius 1 is 1.47 bits per heavy atom. The normalized spacial score (nSPS) is 14.8. The maximum Gasteiger partial charge on any atom is 0.191 e. The second-order valence-electron chi connectivity index (χ2n) is 3.59. The quantitative estimate of drug-likeness (QED) is 0.679. The Morgan fingerprint density at radius 2 is 2.47 bits per heavy atom. The molecule has 0 saturated carbocycles. The standard InChI is InChI=1S/C10H17N5/c1(2-7-15-8-6-11-9-15)3-12-10-13-4-5-14-10/h6,8-9H,1-5,7H2,(H2,12,13,14). The molecule has 2 heterocycles. The fraction of sp³-hybridized carbons (Fsp3) is 0.600. The highest BCUT2D eigenvalue weighted by Gasteiger charge is 2.02. The maximum absolute atomic E-state index is 4.26. The fourth-order valence-corrected chi connectivity index (χ4v) is 1.56. The minimum atomic E-state index is 0.900. The Hall–Kier alpha value is -1.52. The van der Waals surface area contributed by atoms with E-state index in [-0.39, 0.29) is 0 Å². The first kappa shape index (κ1) is 10.0. The minimum absolute atomic E-state index is 0.900. The largest absolute Gasteiger partial charge is 0.356 e. The van der Waals surface area contributed by atoms with Crippen LogP contribution in [0.15, 0.2) is 23.7 Å². The van der Waals surface area contributed by atoms with Gasteiger partial charge in [0.15, 0.2) is 5.96 Å². The number of nitrogens with zero attached hydrogens (tertiary/aromatic N) is 3. The van der Waals surface area contributed by atoms with E-state index in [1.165, 1.54) is 0 Å². The summed E-state index contributed by atoms with van der Waals surface area (Å²) in [7, 11) is 0. The van der Waals surface area contributed by atoms with Gasteiger partial charge in [0.1, 0.15) is 0 Å². The van der Waals surface area contributed by atoms with E-state index in [4.69, 9.17) is 0 Å². The van der Waals surface area contributed by atoms with Gasteiger partial charge in [-0.1, -0.05) is 0 Å². The Bertz CT molecular complexity index is 304. The number of hydrogen-bond acceptors (Lipinski definition) is 4. The molecule has 0 aliphatic carbocycles. The molecular weight excluding hydrogens is 190 g/mol. The van der Waals surface area contributed by atoms with Crippen molar-refractivity contribution in [2.75, 3.05) is 19.6 Å². The van der Waals surface area contributed by atoms with Gasteiger partial charge in [-0.15, -0.1) is 0 Å². The van der Waals surface area contributed by atoms with Crippen molar-refractivity contribution in [1.82, 2.24) is 20.2 Å². The van der Waals surface area contributed by atoms with E-state index in [1.54, 1.807) is 0 Å². The third-order valence-corrected chi connectivity index (χ3v) is 2.37. The van der Waals surface area contributed by atoms with Crippen LogP contribution in [0.2, 0.25) is 0 Å². The number of aliphatic imine (C=N–C) groups is 1. The van der Waals surface area contributed by atoms with Gasteiger partial charge in [-0.2, -0.15) is 0 Å². The summed E-state index contributed by atoms with van der Waals surface area (Å²) in [4.78, 5) is 8.26. The number of rotatable bonds is 5. The van der Waals surface area contributed by atoms with Crippen molar-refractivity contribution >= 4 is 5.96 Å². The molecular formula is C10H17N5. The molecule has 15 heavy (non-hydrogen) atoms. The predicted molar refractivity (Wildman–Crippen MR) is 59.8 cm³/mol. The molecule has 0 unspecified atom stereocenters. The minimum Gasteiger partial charge on any atom is -0.356 e. The van der Waals surface area contributed by atoms with Crippen LogP contribution >= 0.6 is 0 Å². The number of aromatic nitrogens is 2. The predicted octanol–water partition coefficient (Wildman–Crippen LogP) is 0.212. The number of guanidine groups is 1. The summed E-state index contributed by atoms with van der Waals surface area (Å²) in [6.07, 6.45) is 7.98. The van der Waals surface area contributed by atoms with Gasteiger partial charge in [-0.05, 0) is 12.8 Å². The van der Waals surface area contributed by atoms with Crippen LogP contribution in [0.5, 0.6) is 0 Å². The van der Waals surface area contributed by atoms with Crippen LogP contribution in [0, 0.1) is 0 Å². The Balaban J connectivity index is 1.52. The van der Waals surface area contributed by atoms with Gasteiger partial charge in [0.25, 0.3) is 0 Å². The van der Waals surface area contributed by atoms with Crippen LogP contribution in [-0.2, 0) is 6.54 Å². The van der Waals surface area contributed by atoms with Crippen molar-refractivity contribution < 1.29 is 0 Å². The molecule has 0 fully saturated rings. The molecule has 5 nitrogen and oxygen atoms in total. The molecule has 1 aliphatic rings. The lowest BCUT2D eigenvalue weighted by Gasteiger charge is -2.06. The molecule has 5 heteroatoms. The molecule has 1 aromatic rings. The van der Waals surface area contributed by atoms with Crippen LogP contribution < -0.4 is 10.6 Å². The Kier molecular flexibility index (Phi) is 3.59. The Labute approximate surface area is 89.6 Å². The van der Waals surface area contributed by atoms with Gasteiger partial charge in [0.05, 0.1) is 12.9 Å². The summed E-state index contributed by atoms with van der Waals surface area (Å²) in [5, 5.41) is 6.46. The summed E-state index contributed by atoms with van der Waals surface area (Å²) in [5.74, 6) is 0.956. The lowest BCUT2D eigenvalue weighted by molar-refractivity contribution is 0.600. The average Bonchev–Trinajstić information content (AvgIpc) is 2.88. The molecule has 2 rings (SSSR count). The monoisotopic (exact) mass is 207 g/mol. The third-order valence-electron chi connectivity index (χ3n) is 2.37. The SMILES string of the molecule is c1cn(CCCCNC2=NCCN2)cn1. The molecule has 2 N–H and O–H groups in total. The number of nitrogens with one attached hydrogen (secondary N) is 2. The van der Waals surface area contributed by atoms with Crippen LogP contribution in [0.1, 0.15) is 12.8 Å². The van der Waals surface area contributed by atoms with Gasteiger partial charge in [-0.25, -0.2) is 4.98 Å². The zero-order valence-corrected chi connectivity index (χ0v) is 8.82. The summed E-state index contributed by atoms with van der Waals surface area (Å²) in [6, 6.07) is 0. The highest BCUT2D eigenvalue weighted by Crippen LogP contribution is 1.94. The highest BCUT2D eigenvalue weighted by atomic mass is 15.2. The van der Waals surface area contributed by atoms with Gasteiger partial charge >= 0.3 is 0 Å². The number of aryl methyl sites for hydroxylation is 1. The zero-order chi connectivity index (χ0) is 10.3. The second kappa shape index (κ2) is 5.38. The first-order valence-electron chi connectivity index (χ1n) is 5.43. The highest BCUT2D eigenvalue weighted by molar-refractivity contribution is 5.81. The van der Waals surface area contributed by atoms with Crippen molar-refractivity contribution in [3.63, 3.8) is 0 Å². The van der Waals surface area contributed by atoms with Crippen LogP contribution in [0.25, 0.3) is 0 Å². The third kappa shape index (κ3) is 3.27. The molecule has 0 amide bonds. The number of hydrogen-bond donors (Lipinski definition) is 2. The summed E-state index contributed by atoms with van der Waals surface area (Å²) in [5.41, 5.74) is 0. The first-order valence-corrected chi connectivity index (χ1v) is 5.43. The van der Waals surface area contributed by atoms with E-state index in [0.717, 1.165) is 45.0 Å². The molecule has 1 aromatic heterocycles. The van der Waals surface area contributed by atoms with Crippen LogP contribution in [-0.4, -0.2) is 35.1 Å². The van der Waals surface area contributed by atoms with Crippen molar-refractivity contribution in [1.29, 1.82) is 0 Å². The number of unbranched alkanes of at least 4 members (excludes halogenated alkanes) is 1. The smallest absolute Gasteiger partial charge is 0.191 e. The van der Waals surface area contributed by atoms with Crippen molar-refractivity contribution in [2.24, 2.45) is 4.99 Å².